The van der Waals surface area contributed by atoms with Crippen LogP contribution >= 0.6 is 0 Å². The van der Waals surface area contributed by atoms with E-state index in [-0.39, 0.29) is 5.54 Å². The molecule has 0 aliphatic heterocycles. The zero-order valence-electron chi connectivity index (χ0n) is 7.69. The first-order chi connectivity index (χ1) is 5.79. The Morgan fingerprint density at radius 3 is 2.08 bits per heavy atom. The minimum Gasteiger partial charge on any atom is -0.302 e. The number of nitrogens with zero attached hydrogens (tertiary/aromatic N) is 1. The molecule has 66 valence electrons. The van der Waals surface area contributed by atoms with E-state index < -0.39 is 0 Å². The Labute approximate surface area is 74.0 Å². The Morgan fingerprint density at radius 2 is 1.75 bits per heavy atom. The van der Waals surface area contributed by atoms with Gasteiger partial charge in [-0.15, -0.1) is 0 Å². The lowest BCUT2D eigenvalue weighted by Crippen LogP contribution is -2.55. The first-order valence-corrected chi connectivity index (χ1v) is 4.89. The third-order valence-electron chi connectivity index (χ3n) is 4.04. The number of nitrogens with one attached hydrogen (secondary N) is 1. The van der Waals surface area contributed by atoms with Crippen LogP contribution in [0.25, 0.3) is 0 Å². The molecule has 0 heterocycles. The van der Waals surface area contributed by atoms with E-state index in [0.717, 1.165) is 6.42 Å². The molecule has 0 saturated heterocycles. The summed E-state index contributed by atoms with van der Waals surface area (Å²) in [5.74, 6) is 0. The van der Waals surface area contributed by atoms with Crippen LogP contribution in [-0.2, 0) is 0 Å². The van der Waals surface area contributed by atoms with Crippen molar-refractivity contribution in [2.24, 2.45) is 5.41 Å². The van der Waals surface area contributed by atoms with E-state index in [2.05, 4.69) is 11.4 Å². The zero-order chi connectivity index (χ0) is 8.66. The van der Waals surface area contributed by atoms with Gasteiger partial charge in [-0.1, -0.05) is 6.42 Å². The second-order valence-electron chi connectivity index (χ2n) is 4.25. The van der Waals surface area contributed by atoms with Gasteiger partial charge in [-0.2, -0.15) is 5.26 Å². The summed E-state index contributed by atoms with van der Waals surface area (Å²) < 4.78 is 0. The highest BCUT2D eigenvalue weighted by molar-refractivity contribution is 5.22. The first kappa shape index (κ1) is 8.07. The van der Waals surface area contributed by atoms with E-state index in [4.69, 9.17) is 0 Å². The predicted octanol–water partition coefficient (Wildman–Crippen LogP) is 1.82. The van der Waals surface area contributed by atoms with Gasteiger partial charge >= 0.3 is 0 Å². The van der Waals surface area contributed by atoms with Crippen LogP contribution < -0.4 is 5.32 Å². The van der Waals surface area contributed by atoms with Crippen LogP contribution in [0.5, 0.6) is 0 Å². The molecule has 0 aromatic rings. The molecular weight excluding hydrogens is 148 g/mol. The van der Waals surface area contributed by atoms with Gasteiger partial charge in [0, 0.05) is 5.41 Å². The van der Waals surface area contributed by atoms with Gasteiger partial charge in [0.1, 0.15) is 5.54 Å². The van der Waals surface area contributed by atoms with Gasteiger partial charge in [0.2, 0.25) is 0 Å². The third kappa shape index (κ3) is 0.728. The summed E-state index contributed by atoms with van der Waals surface area (Å²) in [4.78, 5) is 0. The molecule has 2 nitrogen and oxygen atoms in total. The van der Waals surface area contributed by atoms with Crippen LogP contribution in [-0.4, -0.2) is 12.6 Å². The fourth-order valence-corrected chi connectivity index (χ4v) is 3.07. The molecule has 2 heteroatoms. The van der Waals surface area contributed by atoms with Gasteiger partial charge in [-0.25, -0.2) is 0 Å². The molecule has 2 saturated carbocycles. The molecule has 1 unspecified atom stereocenters. The standard InChI is InChI=1S/C10H16N2/c1-12-10(8-11)7-3-6-9(10)4-2-5-9/h12H,2-7H2,1H3. The van der Waals surface area contributed by atoms with Crippen LogP contribution in [0.4, 0.5) is 0 Å². The van der Waals surface area contributed by atoms with Crippen molar-refractivity contribution in [2.45, 2.75) is 44.1 Å². The molecule has 1 N–H and O–H groups in total. The molecule has 12 heavy (non-hydrogen) atoms. The predicted molar refractivity (Wildman–Crippen MR) is 47.5 cm³/mol. The molecule has 0 radical (unpaired) electrons. The van der Waals surface area contributed by atoms with Crippen LogP contribution in [0.2, 0.25) is 0 Å². The summed E-state index contributed by atoms with van der Waals surface area (Å²) in [5.41, 5.74) is 0.182. The molecule has 0 aromatic heterocycles. The van der Waals surface area contributed by atoms with Crippen molar-refractivity contribution < 1.29 is 0 Å². The molecule has 2 rings (SSSR count). The first-order valence-electron chi connectivity index (χ1n) is 4.89. The fourth-order valence-electron chi connectivity index (χ4n) is 3.07. The Morgan fingerprint density at radius 1 is 1.17 bits per heavy atom. The third-order valence-corrected chi connectivity index (χ3v) is 4.04. The van der Waals surface area contributed by atoms with Crippen molar-refractivity contribution in [1.29, 1.82) is 5.26 Å². The van der Waals surface area contributed by atoms with Crippen LogP contribution in [0, 0.1) is 16.7 Å². The second kappa shape index (κ2) is 2.47. The monoisotopic (exact) mass is 164 g/mol. The van der Waals surface area contributed by atoms with Gasteiger partial charge < -0.3 is 5.32 Å². The molecule has 1 atom stereocenters. The highest BCUT2D eigenvalue weighted by Gasteiger charge is 2.57. The van der Waals surface area contributed by atoms with Crippen molar-refractivity contribution in [2.75, 3.05) is 7.05 Å². The Balaban J connectivity index is 2.28. The van der Waals surface area contributed by atoms with E-state index >= 15 is 0 Å². The van der Waals surface area contributed by atoms with Gasteiger partial charge in [-0.3, -0.25) is 0 Å². The Hall–Kier alpha value is -0.550. The molecule has 2 aliphatic carbocycles. The molecule has 0 amide bonds. The fraction of sp³-hybridized carbons (Fsp3) is 0.900. The maximum absolute atomic E-state index is 9.20. The minimum absolute atomic E-state index is 0.175. The van der Waals surface area contributed by atoms with E-state index in [9.17, 15) is 5.26 Å². The Kier molecular flexibility index (Phi) is 1.66. The van der Waals surface area contributed by atoms with Crippen molar-refractivity contribution in [3.63, 3.8) is 0 Å². The smallest absolute Gasteiger partial charge is 0.112 e. The van der Waals surface area contributed by atoms with Gasteiger partial charge in [0.15, 0.2) is 0 Å². The summed E-state index contributed by atoms with van der Waals surface area (Å²) in [5, 5.41) is 12.5. The number of rotatable bonds is 1. The average Bonchev–Trinajstić information content (AvgIpc) is 2.42. The maximum Gasteiger partial charge on any atom is 0.112 e. The molecule has 0 bridgehead atoms. The lowest BCUT2D eigenvalue weighted by atomic mass is 9.59. The number of hydrogen-bond acceptors (Lipinski definition) is 2. The maximum atomic E-state index is 9.20. The van der Waals surface area contributed by atoms with E-state index in [1.807, 2.05) is 7.05 Å². The molecule has 2 fully saturated rings. The quantitative estimate of drug-likeness (QED) is 0.641. The van der Waals surface area contributed by atoms with Crippen molar-refractivity contribution in [3.8, 4) is 6.07 Å². The van der Waals surface area contributed by atoms with Crippen LogP contribution in [0.3, 0.4) is 0 Å². The summed E-state index contributed by atoms with van der Waals surface area (Å²) in [6, 6.07) is 2.51. The molecular formula is C10H16N2. The molecule has 2 aliphatic rings. The SMILES string of the molecule is CNC1(C#N)CCCC12CCC2. The van der Waals surface area contributed by atoms with Gasteiger partial charge in [0.05, 0.1) is 6.07 Å². The second-order valence-corrected chi connectivity index (χ2v) is 4.25. The van der Waals surface area contributed by atoms with Crippen molar-refractivity contribution in [1.82, 2.24) is 5.32 Å². The number of nitriles is 1. The normalized spacial score (nSPS) is 37.7. The van der Waals surface area contributed by atoms with Gasteiger partial charge in [0.25, 0.3) is 0 Å². The van der Waals surface area contributed by atoms with Crippen molar-refractivity contribution in [3.05, 3.63) is 0 Å². The topological polar surface area (TPSA) is 35.8 Å². The zero-order valence-corrected chi connectivity index (χ0v) is 7.69. The highest BCUT2D eigenvalue weighted by atomic mass is 15.0. The highest BCUT2D eigenvalue weighted by Crippen LogP contribution is 2.58. The van der Waals surface area contributed by atoms with Gasteiger partial charge in [-0.05, 0) is 39.2 Å². The van der Waals surface area contributed by atoms with E-state index in [1.165, 1.54) is 32.1 Å². The lowest BCUT2D eigenvalue weighted by Gasteiger charge is -2.48. The van der Waals surface area contributed by atoms with Crippen LogP contribution in [0.1, 0.15) is 38.5 Å². The molecule has 0 aromatic carbocycles. The Bertz CT molecular complexity index is 224. The molecule has 1 spiro atoms. The minimum atomic E-state index is -0.175. The summed E-state index contributed by atoms with van der Waals surface area (Å²) in [6.45, 7) is 0. The van der Waals surface area contributed by atoms with Crippen molar-refractivity contribution >= 4 is 0 Å². The summed E-state index contributed by atoms with van der Waals surface area (Å²) in [7, 11) is 1.94. The van der Waals surface area contributed by atoms with Crippen LogP contribution in [0.15, 0.2) is 0 Å². The van der Waals surface area contributed by atoms with E-state index in [1.54, 1.807) is 0 Å². The van der Waals surface area contributed by atoms with E-state index in [0.29, 0.717) is 5.41 Å². The number of hydrogen-bond donors (Lipinski definition) is 1. The summed E-state index contributed by atoms with van der Waals surface area (Å²) >= 11 is 0. The largest absolute Gasteiger partial charge is 0.302 e. The average molecular weight is 164 g/mol. The lowest BCUT2D eigenvalue weighted by molar-refractivity contribution is 0.0664. The summed E-state index contributed by atoms with van der Waals surface area (Å²) in [6.07, 6.45) is 7.41.